The van der Waals surface area contributed by atoms with Crippen molar-refractivity contribution in [3.63, 3.8) is 0 Å². The summed E-state index contributed by atoms with van der Waals surface area (Å²) in [6.07, 6.45) is 0.314. The second-order valence-electron chi connectivity index (χ2n) is 6.36. The van der Waals surface area contributed by atoms with E-state index < -0.39 is 0 Å². The molecule has 2 N–H and O–H groups in total. The van der Waals surface area contributed by atoms with Crippen LogP contribution in [0.3, 0.4) is 0 Å². The fraction of sp³-hybridized carbons (Fsp3) is 0.200. The highest BCUT2D eigenvalue weighted by Crippen LogP contribution is 2.29. The minimum atomic E-state index is -0.0680. The van der Waals surface area contributed by atoms with E-state index in [9.17, 15) is 4.79 Å². The molecule has 0 aliphatic carbocycles. The standard InChI is InChI=1S/C20H19N3O2S/c1-11-4-6-16-15(8-11)14(12(2)21-16)10-19(24)23-20-22-17-7-5-13(25-3)9-18(17)26-20/h4-9,21H,10H2,1-3H3,(H,22,23,24). The van der Waals surface area contributed by atoms with Gasteiger partial charge in [-0.25, -0.2) is 4.98 Å². The highest BCUT2D eigenvalue weighted by Gasteiger charge is 2.14. The van der Waals surface area contributed by atoms with Crippen molar-refractivity contribution in [2.24, 2.45) is 0 Å². The third-order valence-electron chi connectivity index (χ3n) is 4.45. The van der Waals surface area contributed by atoms with E-state index in [2.05, 4.69) is 40.4 Å². The predicted molar refractivity (Wildman–Crippen MR) is 106 cm³/mol. The molecule has 2 aromatic heterocycles. The molecule has 0 aliphatic heterocycles. The SMILES string of the molecule is COc1ccc2nc(NC(=O)Cc3c(C)[nH]c4ccc(C)cc34)sc2c1. The number of nitrogens with one attached hydrogen (secondary N) is 2. The number of aromatic amines is 1. The van der Waals surface area contributed by atoms with Crippen molar-refractivity contribution in [1.29, 1.82) is 0 Å². The second kappa shape index (κ2) is 6.46. The molecule has 1 amide bonds. The van der Waals surface area contributed by atoms with Crippen LogP contribution in [-0.2, 0) is 11.2 Å². The number of amides is 1. The summed E-state index contributed by atoms with van der Waals surface area (Å²) < 4.78 is 6.22. The van der Waals surface area contributed by atoms with Crippen molar-refractivity contribution in [3.05, 3.63) is 53.2 Å². The van der Waals surface area contributed by atoms with Crippen LogP contribution in [0.15, 0.2) is 36.4 Å². The van der Waals surface area contributed by atoms with Gasteiger partial charge in [-0.05, 0) is 49.7 Å². The highest BCUT2D eigenvalue weighted by atomic mass is 32.1. The summed E-state index contributed by atoms with van der Waals surface area (Å²) in [5.41, 5.74) is 5.14. The van der Waals surface area contributed by atoms with Gasteiger partial charge in [0.1, 0.15) is 5.75 Å². The summed E-state index contributed by atoms with van der Waals surface area (Å²) in [4.78, 5) is 20.4. The molecule has 5 nitrogen and oxygen atoms in total. The van der Waals surface area contributed by atoms with Gasteiger partial charge < -0.3 is 15.0 Å². The number of rotatable bonds is 4. The zero-order valence-electron chi connectivity index (χ0n) is 14.8. The topological polar surface area (TPSA) is 67.0 Å². The Bertz CT molecular complexity index is 1130. The van der Waals surface area contributed by atoms with Gasteiger partial charge >= 0.3 is 0 Å². The number of carbonyl (C=O) groups excluding carboxylic acids is 1. The summed E-state index contributed by atoms with van der Waals surface area (Å²) in [6, 6.07) is 11.9. The Hall–Kier alpha value is -2.86. The van der Waals surface area contributed by atoms with E-state index in [4.69, 9.17) is 4.74 Å². The van der Waals surface area contributed by atoms with Gasteiger partial charge in [-0.15, -0.1) is 0 Å². The normalized spacial score (nSPS) is 11.2. The van der Waals surface area contributed by atoms with E-state index >= 15 is 0 Å². The molecular weight excluding hydrogens is 346 g/mol. The van der Waals surface area contributed by atoms with Gasteiger partial charge in [-0.2, -0.15) is 0 Å². The number of aromatic nitrogens is 2. The number of anilines is 1. The van der Waals surface area contributed by atoms with Crippen LogP contribution in [0.1, 0.15) is 16.8 Å². The van der Waals surface area contributed by atoms with E-state index in [1.165, 1.54) is 16.9 Å². The first kappa shape index (κ1) is 16.6. The molecule has 26 heavy (non-hydrogen) atoms. The molecular formula is C20H19N3O2S. The fourth-order valence-corrected chi connectivity index (χ4v) is 4.04. The third-order valence-corrected chi connectivity index (χ3v) is 5.39. The molecule has 0 aliphatic rings. The Kier molecular flexibility index (Phi) is 4.12. The number of ether oxygens (including phenoxy) is 1. The number of carbonyl (C=O) groups is 1. The van der Waals surface area contributed by atoms with Crippen LogP contribution in [0.25, 0.3) is 21.1 Å². The van der Waals surface area contributed by atoms with Gasteiger partial charge in [0.2, 0.25) is 5.91 Å². The van der Waals surface area contributed by atoms with E-state index in [1.54, 1.807) is 7.11 Å². The number of hydrogen-bond donors (Lipinski definition) is 2. The van der Waals surface area contributed by atoms with Crippen LogP contribution in [0.2, 0.25) is 0 Å². The maximum Gasteiger partial charge on any atom is 0.230 e. The summed E-state index contributed by atoms with van der Waals surface area (Å²) >= 11 is 1.45. The zero-order chi connectivity index (χ0) is 18.3. The number of nitrogens with zero attached hydrogens (tertiary/aromatic N) is 1. The lowest BCUT2D eigenvalue weighted by Crippen LogP contribution is -2.14. The molecule has 0 spiro atoms. The Morgan fingerprint density at radius 2 is 2.08 bits per heavy atom. The lowest BCUT2D eigenvalue weighted by Gasteiger charge is -2.03. The maximum absolute atomic E-state index is 12.6. The molecule has 0 atom stereocenters. The van der Waals surface area contributed by atoms with Crippen molar-refractivity contribution in [2.45, 2.75) is 20.3 Å². The molecule has 0 saturated heterocycles. The van der Waals surface area contributed by atoms with Crippen LogP contribution in [0.5, 0.6) is 5.75 Å². The largest absolute Gasteiger partial charge is 0.497 e. The zero-order valence-corrected chi connectivity index (χ0v) is 15.7. The van der Waals surface area contributed by atoms with Crippen molar-refractivity contribution in [3.8, 4) is 5.75 Å². The van der Waals surface area contributed by atoms with Gasteiger partial charge in [-0.3, -0.25) is 4.79 Å². The fourth-order valence-electron chi connectivity index (χ4n) is 3.13. The molecule has 0 fully saturated rings. The molecule has 0 saturated carbocycles. The first-order valence-electron chi connectivity index (χ1n) is 8.36. The average molecular weight is 365 g/mol. The van der Waals surface area contributed by atoms with Crippen molar-refractivity contribution in [1.82, 2.24) is 9.97 Å². The van der Waals surface area contributed by atoms with Gasteiger partial charge in [0.05, 0.1) is 23.7 Å². The Morgan fingerprint density at radius 1 is 1.23 bits per heavy atom. The number of methoxy groups -OCH3 is 1. The lowest BCUT2D eigenvalue weighted by molar-refractivity contribution is -0.115. The minimum Gasteiger partial charge on any atom is -0.497 e. The molecule has 6 heteroatoms. The van der Waals surface area contributed by atoms with E-state index in [0.717, 1.165) is 38.1 Å². The molecule has 2 heterocycles. The predicted octanol–water partition coefficient (Wildman–Crippen LogP) is 4.58. The minimum absolute atomic E-state index is 0.0680. The number of H-pyrrole nitrogens is 1. The van der Waals surface area contributed by atoms with E-state index in [1.807, 2.05) is 25.1 Å². The lowest BCUT2D eigenvalue weighted by atomic mass is 10.1. The molecule has 2 aromatic carbocycles. The molecule has 4 rings (SSSR count). The Labute approximate surface area is 155 Å². The van der Waals surface area contributed by atoms with Crippen LogP contribution in [0.4, 0.5) is 5.13 Å². The van der Waals surface area contributed by atoms with Crippen LogP contribution in [0, 0.1) is 13.8 Å². The first-order valence-corrected chi connectivity index (χ1v) is 9.17. The quantitative estimate of drug-likeness (QED) is 0.556. The summed E-state index contributed by atoms with van der Waals surface area (Å²) in [5.74, 6) is 0.713. The number of aryl methyl sites for hydroxylation is 2. The Balaban J connectivity index is 1.57. The van der Waals surface area contributed by atoms with Crippen LogP contribution >= 0.6 is 11.3 Å². The highest BCUT2D eigenvalue weighted by molar-refractivity contribution is 7.22. The van der Waals surface area contributed by atoms with E-state index in [-0.39, 0.29) is 5.91 Å². The van der Waals surface area contributed by atoms with Gasteiger partial charge in [-0.1, -0.05) is 23.0 Å². The number of benzene rings is 2. The Morgan fingerprint density at radius 3 is 2.88 bits per heavy atom. The molecule has 0 radical (unpaired) electrons. The average Bonchev–Trinajstić information content (AvgIpc) is 3.14. The van der Waals surface area contributed by atoms with Crippen molar-refractivity contribution in [2.75, 3.05) is 12.4 Å². The summed E-state index contributed by atoms with van der Waals surface area (Å²) in [5, 5.41) is 4.63. The van der Waals surface area contributed by atoms with Gasteiger partial charge in [0.15, 0.2) is 5.13 Å². The van der Waals surface area contributed by atoms with E-state index in [0.29, 0.717) is 11.6 Å². The smallest absolute Gasteiger partial charge is 0.230 e. The monoisotopic (exact) mass is 365 g/mol. The number of hydrogen-bond acceptors (Lipinski definition) is 4. The third kappa shape index (κ3) is 3.04. The molecule has 4 aromatic rings. The van der Waals surface area contributed by atoms with Crippen molar-refractivity contribution < 1.29 is 9.53 Å². The molecule has 0 unspecified atom stereocenters. The molecule has 132 valence electrons. The molecule has 0 bridgehead atoms. The summed E-state index contributed by atoms with van der Waals surface area (Å²) in [6.45, 7) is 4.06. The van der Waals surface area contributed by atoms with Crippen molar-refractivity contribution >= 4 is 43.5 Å². The van der Waals surface area contributed by atoms with Gasteiger partial charge in [0, 0.05) is 16.6 Å². The maximum atomic E-state index is 12.6. The van der Waals surface area contributed by atoms with Gasteiger partial charge in [0.25, 0.3) is 0 Å². The second-order valence-corrected chi connectivity index (χ2v) is 7.39. The summed E-state index contributed by atoms with van der Waals surface area (Å²) in [7, 11) is 1.64. The number of fused-ring (bicyclic) bond motifs is 2. The van der Waals surface area contributed by atoms with Crippen LogP contribution in [-0.4, -0.2) is 23.0 Å². The van der Waals surface area contributed by atoms with Crippen LogP contribution < -0.4 is 10.1 Å². The first-order chi connectivity index (χ1) is 12.5. The number of thiazole rings is 1.